The summed E-state index contributed by atoms with van der Waals surface area (Å²) in [4.78, 5) is 27.7. The normalized spacial score (nSPS) is 25.6. The van der Waals surface area contributed by atoms with E-state index < -0.39 is 23.7 Å². The highest BCUT2D eigenvalue weighted by molar-refractivity contribution is 5.83. The number of carbonyl (C=O) groups is 2. The number of nitrogens with one attached hydrogen (secondary N) is 1. The van der Waals surface area contributed by atoms with Crippen LogP contribution in [-0.4, -0.2) is 48.3 Å². The molecule has 148 valence electrons. The zero-order valence-electron chi connectivity index (χ0n) is 16.7. The van der Waals surface area contributed by atoms with Gasteiger partial charge in [0, 0.05) is 6.54 Å². The summed E-state index contributed by atoms with van der Waals surface area (Å²) in [6, 6.07) is 6.64. The van der Waals surface area contributed by atoms with Crippen molar-refractivity contribution in [2.45, 2.75) is 58.3 Å². The molecule has 2 atom stereocenters. The van der Waals surface area contributed by atoms with Crippen LogP contribution >= 0.6 is 0 Å². The second-order valence-corrected chi connectivity index (χ2v) is 8.55. The van der Waals surface area contributed by atoms with Gasteiger partial charge in [-0.1, -0.05) is 24.3 Å². The molecule has 6 heteroatoms. The molecule has 6 nitrogen and oxygen atoms in total. The number of amides is 1. The summed E-state index contributed by atoms with van der Waals surface area (Å²) in [5.41, 5.74) is 1.01. The number of alkyl carbamates (subject to hydrolysis) is 1. The van der Waals surface area contributed by atoms with Gasteiger partial charge in [0.25, 0.3) is 0 Å². The van der Waals surface area contributed by atoms with E-state index in [1.807, 2.05) is 31.2 Å². The Kier molecular flexibility index (Phi) is 5.75. The summed E-state index contributed by atoms with van der Waals surface area (Å²) in [7, 11) is 0. The van der Waals surface area contributed by atoms with E-state index in [4.69, 9.17) is 9.47 Å². The fraction of sp³-hybridized carbons (Fsp3) is 0.619. The summed E-state index contributed by atoms with van der Waals surface area (Å²) < 4.78 is 11.2. The zero-order valence-corrected chi connectivity index (χ0v) is 16.7. The number of nitrogens with zero attached hydrogens (tertiary/aromatic N) is 1. The number of piperidine rings is 3. The maximum atomic E-state index is 13.0. The van der Waals surface area contributed by atoms with Crippen molar-refractivity contribution in [3.8, 4) is 0 Å². The van der Waals surface area contributed by atoms with E-state index in [-0.39, 0.29) is 6.10 Å². The first-order valence-electron chi connectivity index (χ1n) is 9.71. The number of hydrogen-bond donors (Lipinski definition) is 1. The van der Waals surface area contributed by atoms with Gasteiger partial charge < -0.3 is 14.8 Å². The highest BCUT2D eigenvalue weighted by Crippen LogP contribution is 2.31. The fourth-order valence-corrected chi connectivity index (χ4v) is 3.86. The molecule has 3 saturated heterocycles. The lowest BCUT2D eigenvalue weighted by Crippen LogP contribution is -2.52. The third-order valence-corrected chi connectivity index (χ3v) is 5.26. The maximum absolute atomic E-state index is 13.0. The molecular weight excluding hydrogens is 344 g/mol. The molecule has 2 unspecified atom stereocenters. The molecule has 1 amide bonds. The Morgan fingerprint density at radius 3 is 2.41 bits per heavy atom. The van der Waals surface area contributed by atoms with Gasteiger partial charge in [-0.3, -0.25) is 4.90 Å². The molecule has 1 aromatic carbocycles. The van der Waals surface area contributed by atoms with Crippen LogP contribution in [0.4, 0.5) is 4.79 Å². The highest BCUT2D eigenvalue weighted by atomic mass is 16.6. The summed E-state index contributed by atoms with van der Waals surface area (Å²) >= 11 is 0. The lowest BCUT2D eigenvalue weighted by molar-refractivity contribution is -0.161. The molecule has 0 aliphatic carbocycles. The van der Waals surface area contributed by atoms with Gasteiger partial charge in [-0.2, -0.15) is 0 Å². The first-order chi connectivity index (χ1) is 12.7. The van der Waals surface area contributed by atoms with E-state index >= 15 is 0 Å². The van der Waals surface area contributed by atoms with Crippen molar-refractivity contribution in [1.82, 2.24) is 10.2 Å². The SMILES string of the molecule is Cc1ccccc1C(NC(=O)OC(C)(C)C)C(=O)OC1CN2CCC1CC2. The lowest BCUT2D eigenvalue weighted by Gasteiger charge is -2.44. The largest absolute Gasteiger partial charge is 0.459 e. The molecule has 3 heterocycles. The third-order valence-electron chi connectivity index (χ3n) is 5.26. The standard InChI is InChI=1S/C21H30N2O4/c1-14-7-5-6-8-16(14)18(22-20(25)27-21(2,3)4)19(24)26-17-13-23-11-9-15(17)10-12-23/h5-8,15,17-18H,9-13H2,1-4H3,(H,22,25). The van der Waals surface area contributed by atoms with Crippen molar-refractivity contribution in [3.05, 3.63) is 35.4 Å². The Hall–Kier alpha value is -2.08. The van der Waals surface area contributed by atoms with Gasteiger partial charge in [-0.05, 0) is 70.7 Å². The number of esters is 1. The average Bonchev–Trinajstić information content (AvgIpc) is 2.60. The molecule has 27 heavy (non-hydrogen) atoms. The third kappa shape index (κ3) is 5.01. The van der Waals surface area contributed by atoms with E-state index in [9.17, 15) is 9.59 Å². The topological polar surface area (TPSA) is 67.9 Å². The highest BCUT2D eigenvalue weighted by Gasteiger charge is 2.38. The van der Waals surface area contributed by atoms with Crippen LogP contribution in [0.5, 0.6) is 0 Å². The number of fused-ring (bicyclic) bond motifs is 3. The molecule has 0 spiro atoms. The van der Waals surface area contributed by atoms with E-state index in [1.165, 1.54) is 0 Å². The smallest absolute Gasteiger partial charge is 0.408 e. The quantitative estimate of drug-likeness (QED) is 0.820. The summed E-state index contributed by atoms with van der Waals surface area (Å²) in [6.07, 6.45) is 1.40. The first kappa shape index (κ1) is 19.7. The van der Waals surface area contributed by atoms with Crippen molar-refractivity contribution in [1.29, 1.82) is 0 Å². The Morgan fingerprint density at radius 1 is 1.19 bits per heavy atom. The van der Waals surface area contributed by atoms with Gasteiger partial charge in [0.1, 0.15) is 11.7 Å². The monoisotopic (exact) mass is 374 g/mol. The summed E-state index contributed by atoms with van der Waals surface area (Å²) in [5.74, 6) is -0.00749. The summed E-state index contributed by atoms with van der Waals surface area (Å²) in [6.45, 7) is 10.2. The second kappa shape index (κ2) is 7.89. The summed E-state index contributed by atoms with van der Waals surface area (Å²) in [5, 5.41) is 2.71. The van der Waals surface area contributed by atoms with Crippen molar-refractivity contribution in [2.75, 3.05) is 19.6 Å². The molecule has 1 aromatic rings. The van der Waals surface area contributed by atoms with Crippen molar-refractivity contribution in [3.63, 3.8) is 0 Å². The number of ether oxygens (including phenoxy) is 2. The van der Waals surface area contributed by atoms with Crippen LogP contribution in [-0.2, 0) is 14.3 Å². The molecular formula is C21H30N2O4. The number of hydrogen-bond acceptors (Lipinski definition) is 5. The molecule has 1 N–H and O–H groups in total. The van der Waals surface area contributed by atoms with Crippen LogP contribution in [0.15, 0.2) is 24.3 Å². The molecule has 0 radical (unpaired) electrons. The predicted molar refractivity (Wildman–Crippen MR) is 102 cm³/mol. The number of rotatable bonds is 4. The average molecular weight is 374 g/mol. The molecule has 2 bridgehead atoms. The van der Waals surface area contributed by atoms with Gasteiger partial charge in [0.15, 0.2) is 6.04 Å². The van der Waals surface area contributed by atoms with Crippen molar-refractivity contribution >= 4 is 12.1 Å². The first-order valence-corrected chi connectivity index (χ1v) is 9.71. The van der Waals surface area contributed by atoms with Gasteiger partial charge in [0.2, 0.25) is 0 Å². The van der Waals surface area contributed by atoms with Crippen LogP contribution in [0.3, 0.4) is 0 Å². The number of benzene rings is 1. The lowest BCUT2D eigenvalue weighted by atomic mass is 9.86. The maximum Gasteiger partial charge on any atom is 0.408 e. The second-order valence-electron chi connectivity index (χ2n) is 8.55. The van der Waals surface area contributed by atoms with Crippen molar-refractivity contribution in [2.24, 2.45) is 5.92 Å². The number of carbonyl (C=O) groups excluding carboxylic acids is 2. The predicted octanol–water partition coefficient (Wildman–Crippen LogP) is 3.20. The minimum atomic E-state index is -0.878. The number of aryl methyl sites for hydroxylation is 1. The molecule has 0 saturated carbocycles. The van der Waals surface area contributed by atoms with Crippen LogP contribution in [0.2, 0.25) is 0 Å². The Morgan fingerprint density at radius 2 is 1.85 bits per heavy atom. The van der Waals surface area contributed by atoms with Gasteiger partial charge in [0.05, 0.1) is 0 Å². The van der Waals surface area contributed by atoms with Gasteiger partial charge >= 0.3 is 12.1 Å². The van der Waals surface area contributed by atoms with E-state index in [0.717, 1.165) is 43.6 Å². The zero-order chi connectivity index (χ0) is 19.6. The molecule has 3 aliphatic rings. The Balaban J connectivity index is 1.75. The van der Waals surface area contributed by atoms with Crippen LogP contribution in [0, 0.1) is 12.8 Å². The molecule has 0 aromatic heterocycles. The van der Waals surface area contributed by atoms with Crippen LogP contribution < -0.4 is 5.32 Å². The van der Waals surface area contributed by atoms with Crippen LogP contribution in [0.1, 0.15) is 50.8 Å². The minimum absolute atomic E-state index is 0.105. The molecule has 3 fully saturated rings. The molecule has 4 rings (SSSR count). The Labute approximate surface area is 161 Å². The fourth-order valence-electron chi connectivity index (χ4n) is 3.86. The van der Waals surface area contributed by atoms with E-state index in [0.29, 0.717) is 5.92 Å². The molecule has 3 aliphatic heterocycles. The Bertz CT molecular complexity index is 690. The van der Waals surface area contributed by atoms with Crippen molar-refractivity contribution < 1.29 is 19.1 Å². The van der Waals surface area contributed by atoms with E-state index in [2.05, 4.69) is 10.2 Å². The van der Waals surface area contributed by atoms with Crippen LogP contribution in [0.25, 0.3) is 0 Å². The minimum Gasteiger partial charge on any atom is -0.459 e. The van der Waals surface area contributed by atoms with E-state index in [1.54, 1.807) is 20.8 Å². The van der Waals surface area contributed by atoms with Gasteiger partial charge in [-0.15, -0.1) is 0 Å². The van der Waals surface area contributed by atoms with Gasteiger partial charge in [-0.25, -0.2) is 9.59 Å².